The monoisotopic (exact) mass is 316 g/mol. The van der Waals surface area contributed by atoms with Crippen molar-refractivity contribution in [2.24, 2.45) is 0 Å². The molecular weight excluding hydrogens is 300 g/mol. The molecular formula is C16H17ClN4O. The van der Waals surface area contributed by atoms with Crippen molar-refractivity contribution in [3.05, 3.63) is 46.2 Å². The smallest absolute Gasteiger partial charge is 0.290 e. The number of halogens is 1. The number of aromatic nitrogens is 4. The molecule has 3 rings (SSSR count). The normalized spacial score (nSPS) is 11.5. The van der Waals surface area contributed by atoms with Crippen molar-refractivity contribution in [1.82, 2.24) is 19.5 Å². The molecule has 0 bridgehead atoms. The van der Waals surface area contributed by atoms with Crippen molar-refractivity contribution in [3.63, 3.8) is 0 Å². The van der Waals surface area contributed by atoms with Crippen molar-refractivity contribution in [3.8, 4) is 11.1 Å². The SMILES string of the molecule is CCC(CC)n1c(=O)[nH]c2ncc(Cl)c(-c3ccncc3)c21. The zero-order chi connectivity index (χ0) is 15.7. The third-order valence-corrected chi connectivity index (χ3v) is 4.26. The maximum Gasteiger partial charge on any atom is 0.327 e. The van der Waals surface area contributed by atoms with E-state index >= 15 is 0 Å². The van der Waals surface area contributed by atoms with Crippen LogP contribution >= 0.6 is 11.6 Å². The van der Waals surface area contributed by atoms with Gasteiger partial charge >= 0.3 is 5.69 Å². The van der Waals surface area contributed by atoms with Crippen molar-refractivity contribution in [2.75, 3.05) is 0 Å². The number of nitrogens with zero attached hydrogens (tertiary/aromatic N) is 3. The molecule has 3 heterocycles. The number of hydrogen-bond acceptors (Lipinski definition) is 3. The maximum absolute atomic E-state index is 12.4. The Hall–Kier alpha value is -2.14. The molecule has 114 valence electrons. The van der Waals surface area contributed by atoms with E-state index in [2.05, 4.69) is 28.8 Å². The molecule has 0 spiro atoms. The minimum Gasteiger partial charge on any atom is -0.290 e. The fourth-order valence-corrected chi connectivity index (χ4v) is 3.11. The molecule has 0 aliphatic carbocycles. The molecule has 5 nitrogen and oxygen atoms in total. The van der Waals surface area contributed by atoms with Crippen molar-refractivity contribution < 1.29 is 0 Å². The lowest BCUT2D eigenvalue weighted by Gasteiger charge is -2.16. The largest absolute Gasteiger partial charge is 0.327 e. The summed E-state index contributed by atoms with van der Waals surface area (Å²) in [5.74, 6) is 0. The van der Waals surface area contributed by atoms with Crippen molar-refractivity contribution >= 4 is 22.8 Å². The van der Waals surface area contributed by atoms with Crippen LogP contribution in [-0.4, -0.2) is 19.5 Å². The molecule has 0 aromatic carbocycles. The Morgan fingerprint density at radius 1 is 1.27 bits per heavy atom. The number of rotatable bonds is 4. The number of imidazole rings is 1. The zero-order valence-electron chi connectivity index (χ0n) is 12.5. The molecule has 3 aromatic heterocycles. The van der Waals surface area contributed by atoms with E-state index in [-0.39, 0.29) is 11.7 Å². The van der Waals surface area contributed by atoms with Crippen LogP contribution in [0.3, 0.4) is 0 Å². The van der Waals surface area contributed by atoms with Gasteiger partial charge in [0.15, 0.2) is 5.65 Å². The number of fused-ring (bicyclic) bond motifs is 1. The number of H-pyrrole nitrogens is 1. The highest BCUT2D eigenvalue weighted by Gasteiger charge is 2.20. The predicted octanol–water partition coefficient (Wildman–Crippen LogP) is 3.80. The summed E-state index contributed by atoms with van der Waals surface area (Å²) in [5, 5.41) is 0.525. The first-order valence-electron chi connectivity index (χ1n) is 7.36. The van der Waals surface area contributed by atoms with Crippen LogP contribution in [-0.2, 0) is 0 Å². The number of aromatic amines is 1. The molecule has 3 aromatic rings. The highest BCUT2D eigenvalue weighted by Crippen LogP contribution is 2.34. The average molecular weight is 317 g/mol. The van der Waals surface area contributed by atoms with Crippen LogP contribution in [0.5, 0.6) is 0 Å². The summed E-state index contributed by atoms with van der Waals surface area (Å²) in [7, 11) is 0. The Morgan fingerprint density at radius 2 is 1.95 bits per heavy atom. The number of hydrogen-bond donors (Lipinski definition) is 1. The van der Waals surface area contributed by atoms with Crippen LogP contribution in [0, 0.1) is 0 Å². The molecule has 0 unspecified atom stereocenters. The van der Waals surface area contributed by atoms with Gasteiger partial charge in [-0.1, -0.05) is 25.4 Å². The van der Waals surface area contributed by atoms with Gasteiger partial charge in [-0.15, -0.1) is 0 Å². The molecule has 22 heavy (non-hydrogen) atoms. The molecule has 1 N–H and O–H groups in total. The molecule has 0 aliphatic rings. The summed E-state index contributed by atoms with van der Waals surface area (Å²) in [6, 6.07) is 3.88. The third kappa shape index (κ3) is 2.31. The van der Waals surface area contributed by atoms with Gasteiger partial charge in [0, 0.05) is 30.2 Å². The van der Waals surface area contributed by atoms with Crippen molar-refractivity contribution in [1.29, 1.82) is 0 Å². The molecule has 6 heteroatoms. The summed E-state index contributed by atoms with van der Waals surface area (Å²) >= 11 is 6.40. The summed E-state index contributed by atoms with van der Waals surface area (Å²) in [6.45, 7) is 4.15. The third-order valence-electron chi connectivity index (χ3n) is 3.97. The summed E-state index contributed by atoms with van der Waals surface area (Å²) in [5.41, 5.74) is 2.92. The fourth-order valence-electron chi connectivity index (χ4n) is 2.86. The molecule has 0 saturated carbocycles. The first kappa shape index (κ1) is 14.8. The molecule has 0 aliphatic heterocycles. The van der Waals surface area contributed by atoms with E-state index in [1.54, 1.807) is 23.2 Å². The number of nitrogens with one attached hydrogen (secondary N) is 1. The van der Waals surface area contributed by atoms with Gasteiger partial charge in [0.05, 0.1) is 10.5 Å². The van der Waals surface area contributed by atoms with Gasteiger partial charge in [0.1, 0.15) is 0 Å². The second-order valence-electron chi connectivity index (χ2n) is 5.18. The highest BCUT2D eigenvalue weighted by molar-refractivity contribution is 6.34. The van der Waals surface area contributed by atoms with Gasteiger partial charge in [-0.05, 0) is 30.5 Å². The van der Waals surface area contributed by atoms with E-state index in [9.17, 15) is 4.79 Å². The van der Waals surface area contributed by atoms with E-state index in [1.165, 1.54) is 0 Å². The van der Waals surface area contributed by atoms with Crippen LogP contribution in [0.25, 0.3) is 22.3 Å². The van der Waals surface area contributed by atoms with Crippen LogP contribution in [0.4, 0.5) is 0 Å². The molecule has 0 saturated heterocycles. The van der Waals surface area contributed by atoms with Crippen LogP contribution in [0.1, 0.15) is 32.7 Å². The quantitative estimate of drug-likeness (QED) is 0.796. The average Bonchev–Trinajstić information content (AvgIpc) is 2.86. The Morgan fingerprint density at radius 3 is 2.59 bits per heavy atom. The summed E-state index contributed by atoms with van der Waals surface area (Å²) in [4.78, 5) is 23.6. The Bertz CT molecular complexity index is 850. The predicted molar refractivity (Wildman–Crippen MR) is 88.2 cm³/mol. The Kier molecular flexibility index (Phi) is 3.98. The summed E-state index contributed by atoms with van der Waals surface area (Å²) < 4.78 is 1.78. The van der Waals surface area contributed by atoms with Crippen LogP contribution < -0.4 is 5.69 Å². The summed E-state index contributed by atoms with van der Waals surface area (Å²) in [6.07, 6.45) is 6.73. The van der Waals surface area contributed by atoms with E-state index in [1.807, 2.05) is 12.1 Å². The fraction of sp³-hybridized carbons (Fsp3) is 0.312. The van der Waals surface area contributed by atoms with Gasteiger partial charge in [0.2, 0.25) is 0 Å². The van der Waals surface area contributed by atoms with Gasteiger partial charge in [-0.25, -0.2) is 9.78 Å². The lowest BCUT2D eigenvalue weighted by atomic mass is 10.1. The zero-order valence-corrected chi connectivity index (χ0v) is 13.3. The van der Waals surface area contributed by atoms with Crippen LogP contribution in [0.15, 0.2) is 35.5 Å². The second kappa shape index (κ2) is 5.93. The number of pyridine rings is 2. The molecule has 0 atom stereocenters. The van der Waals surface area contributed by atoms with E-state index in [0.29, 0.717) is 10.7 Å². The first-order chi connectivity index (χ1) is 10.7. The van der Waals surface area contributed by atoms with Crippen LogP contribution in [0.2, 0.25) is 5.02 Å². The maximum atomic E-state index is 12.4. The minimum atomic E-state index is -0.145. The standard InChI is InChI=1S/C16H17ClN4O/c1-3-11(4-2)21-14-13(10-5-7-18-8-6-10)12(17)9-19-15(14)20-16(21)22/h5-9,11H,3-4H2,1-2H3,(H,19,20,22). The lowest BCUT2D eigenvalue weighted by Crippen LogP contribution is -2.21. The van der Waals surface area contributed by atoms with E-state index in [0.717, 1.165) is 29.5 Å². The van der Waals surface area contributed by atoms with Gasteiger partial charge in [-0.3, -0.25) is 14.5 Å². The van der Waals surface area contributed by atoms with Gasteiger partial charge in [-0.2, -0.15) is 0 Å². The molecule has 0 fully saturated rings. The first-order valence-corrected chi connectivity index (χ1v) is 7.74. The molecule has 0 radical (unpaired) electrons. The van der Waals surface area contributed by atoms with Crippen molar-refractivity contribution in [2.45, 2.75) is 32.7 Å². The highest BCUT2D eigenvalue weighted by atomic mass is 35.5. The second-order valence-corrected chi connectivity index (χ2v) is 5.59. The minimum absolute atomic E-state index is 0.113. The van der Waals surface area contributed by atoms with Gasteiger partial charge in [0.25, 0.3) is 0 Å². The van der Waals surface area contributed by atoms with E-state index in [4.69, 9.17) is 11.6 Å². The Labute approximate surface area is 133 Å². The molecule has 0 amide bonds. The topological polar surface area (TPSA) is 63.6 Å². The van der Waals surface area contributed by atoms with E-state index < -0.39 is 0 Å². The Balaban J connectivity index is 2.41. The van der Waals surface area contributed by atoms with Gasteiger partial charge < -0.3 is 0 Å². The lowest BCUT2D eigenvalue weighted by molar-refractivity contribution is 0.472.